The van der Waals surface area contributed by atoms with Gasteiger partial charge in [0, 0.05) is 49.7 Å². The second-order valence-electron chi connectivity index (χ2n) is 8.54. The number of hydrogen-bond acceptors (Lipinski definition) is 3. The summed E-state index contributed by atoms with van der Waals surface area (Å²) in [6, 6.07) is 16.3. The molecule has 1 saturated heterocycles. The summed E-state index contributed by atoms with van der Waals surface area (Å²) in [5, 5.41) is 4.48. The number of aryl methyl sites for hydroxylation is 1. The fourth-order valence-electron chi connectivity index (χ4n) is 4.54. The van der Waals surface area contributed by atoms with Crippen molar-refractivity contribution in [2.24, 2.45) is 7.05 Å². The molecular weight excluding hydrogens is 417 g/mol. The topological polar surface area (TPSA) is 56.0 Å². The first-order valence-corrected chi connectivity index (χ1v) is 11.3. The number of imidazole rings is 1. The van der Waals surface area contributed by atoms with Crippen LogP contribution in [0, 0.1) is 5.82 Å². The van der Waals surface area contributed by atoms with E-state index in [1.807, 2.05) is 54.0 Å². The zero-order chi connectivity index (χ0) is 22.8. The normalized spacial score (nSPS) is 16.2. The van der Waals surface area contributed by atoms with Gasteiger partial charge in [0.25, 0.3) is 5.91 Å². The van der Waals surface area contributed by atoms with Gasteiger partial charge >= 0.3 is 0 Å². The third kappa shape index (κ3) is 4.44. The van der Waals surface area contributed by atoms with Crippen LogP contribution in [0.1, 0.15) is 29.8 Å². The van der Waals surface area contributed by atoms with Crippen LogP contribution in [-0.4, -0.2) is 42.7 Å². The minimum atomic E-state index is -0.304. The number of piperidine rings is 1. The molecule has 0 radical (unpaired) electrons. The van der Waals surface area contributed by atoms with Crippen LogP contribution < -0.4 is 0 Å². The molecule has 1 aliphatic heterocycles. The van der Waals surface area contributed by atoms with Crippen molar-refractivity contribution in [2.75, 3.05) is 6.54 Å². The van der Waals surface area contributed by atoms with Crippen molar-refractivity contribution in [3.63, 3.8) is 0 Å². The number of amides is 1. The molecule has 2 aromatic heterocycles. The summed E-state index contributed by atoms with van der Waals surface area (Å²) in [4.78, 5) is 20.2. The van der Waals surface area contributed by atoms with E-state index < -0.39 is 0 Å². The number of halogens is 1. The fraction of sp³-hybridized carbons (Fsp3) is 0.269. The molecule has 1 fully saturated rings. The predicted octanol–water partition coefficient (Wildman–Crippen LogP) is 4.78. The summed E-state index contributed by atoms with van der Waals surface area (Å²) in [7, 11) is 1.80. The average Bonchev–Trinajstić information content (AvgIpc) is 3.47. The lowest BCUT2D eigenvalue weighted by Gasteiger charge is -2.35. The van der Waals surface area contributed by atoms with Crippen molar-refractivity contribution >= 4 is 5.91 Å². The Bertz CT molecular complexity index is 1250. The highest BCUT2D eigenvalue weighted by Gasteiger charge is 2.31. The molecular formula is C26H26FN5O. The van der Waals surface area contributed by atoms with E-state index in [2.05, 4.69) is 14.6 Å². The lowest BCUT2D eigenvalue weighted by atomic mass is 10.00. The molecule has 1 unspecified atom stereocenters. The Balaban J connectivity index is 1.39. The molecule has 7 heteroatoms. The van der Waals surface area contributed by atoms with Crippen LogP contribution in [-0.2, 0) is 13.6 Å². The highest BCUT2D eigenvalue weighted by molar-refractivity contribution is 5.99. The number of hydrogen-bond donors (Lipinski definition) is 0. The van der Waals surface area contributed by atoms with Gasteiger partial charge in [-0.2, -0.15) is 5.10 Å². The lowest BCUT2D eigenvalue weighted by Crippen LogP contribution is -2.46. The Morgan fingerprint density at radius 2 is 1.82 bits per heavy atom. The van der Waals surface area contributed by atoms with Gasteiger partial charge in [0.15, 0.2) is 5.69 Å². The predicted molar refractivity (Wildman–Crippen MR) is 125 cm³/mol. The molecule has 0 aliphatic carbocycles. The van der Waals surface area contributed by atoms with Crippen LogP contribution in [0.4, 0.5) is 4.39 Å². The van der Waals surface area contributed by atoms with E-state index in [-0.39, 0.29) is 17.8 Å². The van der Waals surface area contributed by atoms with Gasteiger partial charge in [-0.15, -0.1) is 0 Å². The van der Waals surface area contributed by atoms with Crippen molar-refractivity contribution < 1.29 is 9.18 Å². The smallest absolute Gasteiger partial charge is 0.275 e. The lowest BCUT2D eigenvalue weighted by molar-refractivity contribution is 0.0583. The van der Waals surface area contributed by atoms with Crippen LogP contribution >= 0.6 is 0 Å². The van der Waals surface area contributed by atoms with E-state index in [0.29, 0.717) is 18.8 Å². The van der Waals surface area contributed by atoms with Crippen molar-refractivity contribution in [3.05, 3.63) is 84.8 Å². The Kier molecular flexibility index (Phi) is 5.77. The first-order chi connectivity index (χ1) is 16.1. The Labute approximate surface area is 192 Å². The number of likely N-dealkylation sites (tertiary alicyclic amines) is 1. The van der Waals surface area contributed by atoms with Crippen molar-refractivity contribution in [3.8, 4) is 22.4 Å². The highest BCUT2D eigenvalue weighted by Crippen LogP contribution is 2.28. The minimum Gasteiger partial charge on any atom is -0.335 e. The standard InChI is InChI=1S/C26H26FN5O/c1-30-16-23(19-10-12-21(27)13-11-19)25(29-30)26(33)32-14-6-5-9-22(32)15-31-17-24(28-18-31)20-7-3-2-4-8-20/h2-4,7-8,10-13,16-18,22H,5-6,9,14-15H2,1H3. The zero-order valence-corrected chi connectivity index (χ0v) is 18.6. The third-order valence-electron chi connectivity index (χ3n) is 6.20. The molecule has 0 N–H and O–H groups in total. The van der Waals surface area contributed by atoms with Crippen molar-refractivity contribution in [1.82, 2.24) is 24.2 Å². The summed E-state index contributed by atoms with van der Waals surface area (Å²) in [6.45, 7) is 1.38. The monoisotopic (exact) mass is 443 g/mol. The second-order valence-corrected chi connectivity index (χ2v) is 8.54. The molecule has 168 valence electrons. The van der Waals surface area contributed by atoms with Gasteiger partial charge in [-0.05, 0) is 37.0 Å². The summed E-state index contributed by atoms with van der Waals surface area (Å²) in [6.07, 6.45) is 8.69. The van der Waals surface area contributed by atoms with Gasteiger partial charge in [-0.25, -0.2) is 9.37 Å². The van der Waals surface area contributed by atoms with Crippen LogP contribution in [0.25, 0.3) is 22.4 Å². The van der Waals surface area contributed by atoms with Crippen molar-refractivity contribution in [2.45, 2.75) is 31.8 Å². The molecule has 0 spiro atoms. The molecule has 4 aromatic rings. The van der Waals surface area contributed by atoms with Gasteiger partial charge in [-0.1, -0.05) is 42.5 Å². The van der Waals surface area contributed by atoms with Crippen LogP contribution in [0.15, 0.2) is 73.3 Å². The number of nitrogens with zero attached hydrogens (tertiary/aromatic N) is 5. The third-order valence-corrected chi connectivity index (χ3v) is 6.20. The molecule has 2 aromatic carbocycles. The summed E-state index contributed by atoms with van der Waals surface area (Å²) < 4.78 is 17.1. The second kappa shape index (κ2) is 9.02. The van der Waals surface area contributed by atoms with Gasteiger partial charge in [-0.3, -0.25) is 9.48 Å². The molecule has 0 saturated carbocycles. The molecule has 1 atom stereocenters. The Hall–Kier alpha value is -3.74. The summed E-state index contributed by atoms with van der Waals surface area (Å²) in [5.74, 6) is -0.384. The maximum absolute atomic E-state index is 13.7. The van der Waals surface area contributed by atoms with E-state index in [0.717, 1.165) is 41.6 Å². The molecule has 0 bridgehead atoms. The Morgan fingerprint density at radius 3 is 2.61 bits per heavy atom. The largest absolute Gasteiger partial charge is 0.335 e. The molecule has 33 heavy (non-hydrogen) atoms. The number of carbonyl (C=O) groups is 1. The molecule has 3 heterocycles. The molecule has 6 nitrogen and oxygen atoms in total. The minimum absolute atomic E-state index is 0.0622. The van der Waals surface area contributed by atoms with Gasteiger partial charge in [0.05, 0.1) is 12.0 Å². The Morgan fingerprint density at radius 1 is 1.03 bits per heavy atom. The van der Waals surface area contributed by atoms with Gasteiger partial charge < -0.3 is 9.47 Å². The molecule has 1 aliphatic rings. The van der Waals surface area contributed by atoms with Gasteiger partial charge in [0.1, 0.15) is 5.82 Å². The van der Waals surface area contributed by atoms with Crippen LogP contribution in [0.5, 0.6) is 0 Å². The highest BCUT2D eigenvalue weighted by atomic mass is 19.1. The van der Waals surface area contributed by atoms with E-state index in [9.17, 15) is 9.18 Å². The quantitative estimate of drug-likeness (QED) is 0.446. The first kappa shape index (κ1) is 21.1. The number of carbonyl (C=O) groups excluding carboxylic acids is 1. The number of aromatic nitrogens is 4. The molecule has 1 amide bonds. The average molecular weight is 444 g/mol. The number of benzene rings is 2. The zero-order valence-electron chi connectivity index (χ0n) is 18.6. The maximum atomic E-state index is 13.7. The van der Waals surface area contributed by atoms with Crippen molar-refractivity contribution in [1.29, 1.82) is 0 Å². The van der Waals surface area contributed by atoms with E-state index in [1.165, 1.54) is 12.1 Å². The van der Waals surface area contributed by atoms with Crippen LogP contribution in [0.2, 0.25) is 0 Å². The van der Waals surface area contributed by atoms with Crippen LogP contribution in [0.3, 0.4) is 0 Å². The summed E-state index contributed by atoms with van der Waals surface area (Å²) in [5.41, 5.74) is 3.91. The van der Waals surface area contributed by atoms with E-state index >= 15 is 0 Å². The van der Waals surface area contributed by atoms with E-state index in [1.54, 1.807) is 23.9 Å². The molecule has 5 rings (SSSR count). The van der Waals surface area contributed by atoms with E-state index in [4.69, 9.17) is 0 Å². The fourth-order valence-corrected chi connectivity index (χ4v) is 4.54. The first-order valence-electron chi connectivity index (χ1n) is 11.3. The maximum Gasteiger partial charge on any atom is 0.275 e. The summed E-state index contributed by atoms with van der Waals surface area (Å²) >= 11 is 0. The number of rotatable bonds is 5. The SMILES string of the molecule is Cn1cc(-c2ccc(F)cc2)c(C(=O)N2CCCCC2Cn2cnc(-c3ccccc3)c2)n1. The van der Waals surface area contributed by atoms with Gasteiger partial charge in [0.2, 0.25) is 0 Å².